The van der Waals surface area contributed by atoms with Gasteiger partial charge in [-0.25, -0.2) is 0 Å². The number of amides is 1. The lowest BCUT2D eigenvalue weighted by molar-refractivity contribution is -0.128. The monoisotopic (exact) mass is 300 g/mol. The Bertz CT molecular complexity index is 516. The van der Waals surface area contributed by atoms with Gasteiger partial charge < -0.3 is 10.1 Å². The van der Waals surface area contributed by atoms with Gasteiger partial charge in [-0.15, -0.1) is 0 Å². The van der Waals surface area contributed by atoms with Crippen LogP contribution >= 0.6 is 0 Å². The Morgan fingerprint density at radius 3 is 2.68 bits per heavy atom. The molecule has 1 atom stereocenters. The van der Waals surface area contributed by atoms with E-state index in [0.717, 1.165) is 24.8 Å². The van der Waals surface area contributed by atoms with Crippen molar-refractivity contribution in [3.05, 3.63) is 35.9 Å². The molecule has 4 nitrogen and oxygen atoms in total. The van der Waals surface area contributed by atoms with E-state index in [1.165, 1.54) is 0 Å². The van der Waals surface area contributed by atoms with Crippen LogP contribution < -0.4 is 5.32 Å². The number of hydrogen-bond acceptors (Lipinski definition) is 3. The maximum Gasteiger partial charge on any atom is 0.240 e. The Labute approximate surface area is 132 Å². The first-order chi connectivity index (χ1) is 10.7. The van der Waals surface area contributed by atoms with Gasteiger partial charge in [0.2, 0.25) is 5.91 Å². The van der Waals surface area contributed by atoms with E-state index in [0.29, 0.717) is 26.0 Å². The van der Waals surface area contributed by atoms with Gasteiger partial charge in [-0.1, -0.05) is 43.2 Å². The molecule has 0 aliphatic heterocycles. The quantitative estimate of drug-likeness (QED) is 0.785. The number of hydrogen-bond donors (Lipinski definition) is 1. The van der Waals surface area contributed by atoms with Gasteiger partial charge in [-0.3, -0.25) is 4.79 Å². The molecule has 0 radical (unpaired) electrons. The fourth-order valence-electron chi connectivity index (χ4n) is 2.89. The van der Waals surface area contributed by atoms with E-state index in [1.54, 1.807) is 0 Å². The predicted molar refractivity (Wildman–Crippen MR) is 84.9 cm³/mol. The number of carbonyl (C=O) groups is 1. The van der Waals surface area contributed by atoms with Crippen LogP contribution in [0.25, 0.3) is 0 Å². The lowest BCUT2D eigenvalue weighted by Gasteiger charge is -2.19. The summed E-state index contributed by atoms with van der Waals surface area (Å²) in [7, 11) is 0. The predicted octanol–water partition coefficient (Wildman–Crippen LogP) is 3.35. The minimum absolute atomic E-state index is 0.0529. The second-order valence-corrected chi connectivity index (χ2v) is 5.93. The van der Waals surface area contributed by atoms with Crippen molar-refractivity contribution in [3.63, 3.8) is 0 Å². The lowest BCUT2D eigenvalue weighted by atomic mass is 9.87. The van der Waals surface area contributed by atoms with Crippen molar-refractivity contribution in [2.45, 2.75) is 45.1 Å². The maximum atomic E-state index is 12.1. The number of rotatable bonds is 7. The van der Waals surface area contributed by atoms with E-state index in [-0.39, 0.29) is 12.0 Å². The minimum Gasteiger partial charge on any atom is -0.374 e. The van der Waals surface area contributed by atoms with Crippen molar-refractivity contribution in [1.82, 2.24) is 5.32 Å². The van der Waals surface area contributed by atoms with Gasteiger partial charge >= 0.3 is 0 Å². The van der Waals surface area contributed by atoms with Crippen LogP contribution in [0.5, 0.6) is 0 Å². The topological polar surface area (TPSA) is 62.1 Å². The van der Waals surface area contributed by atoms with Gasteiger partial charge in [0.1, 0.15) is 5.41 Å². The lowest BCUT2D eigenvalue weighted by Crippen LogP contribution is -2.38. The molecule has 1 amide bonds. The minimum atomic E-state index is -0.780. The highest BCUT2D eigenvalue weighted by Crippen LogP contribution is 2.37. The van der Waals surface area contributed by atoms with Crippen LogP contribution in [0, 0.1) is 16.7 Å². The molecule has 0 spiro atoms. The molecule has 2 rings (SSSR count). The summed E-state index contributed by atoms with van der Waals surface area (Å²) in [5.41, 5.74) is 0.374. The van der Waals surface area contributed by atoms with E-state index >= 15 is 0 Å². The fourth-order valence-corrected chi connectivity index (χ4v) is 2.89. The van der Waals surface area contributed by atoms with Crippen LogP contribution in [0.2, 0.25) is 0 Å². The summed E-state index contributed by atoms with van der Waals surface area (Å²) in [6.07, 6.45) is 4.13. The number of ether oxygens (including phenoxy) is 1. The molecule has 1 aliphatic carbocycles. The Hall–Kier alpha value is -1.86. The summed E-state index contributed by atoms with van der Waals surface area (Å²) >= 11 is 0. The molecule has 1 saturated carbocycles. The zero-order valence-corrected chi connectivity index (χ0v) is 13.2. The molecule has 1 aromatic carbocycles. The summed E-state index contributed by atoms with van der Waals surface area (Å²) in [4.78, 5) is 12.1. The van der Waals surface area contributed by atoms with Gasteiger partial charge in [-0.2, -0.15) is 5.26 Å². The molecule has 4 heteroatoms. The molecule has 1 aromatic rings. The third-order valence-corrected chi connectivity index (χ3v) is 4.35. The molecule has 1 unspecified atom stereocenters. The van der Waals surface area contributed by atoms with Crippen molar-refractivity contribution in [3.8, 4) is 6.07 Å². The number of nitrogens with zero attached hydrogens (tertiary/aromatic N) is 1. The average molecular weight is 300 g/mol. The first-order valence-electron chi connectivity index (χ1n) is 8.04. The van der Waals surface area contributed by atoms with Crippen LogP contribution in [0.3, 0.4) is 0 Å². The summed E-state index contributed by atoms with van der Waals surface area (Å²) in [6.45, 7) is 3.18. The van der Waals surface area contributed by atoms with Crippen molar-refractivity contribution in [1.29, 1.82) is 5.26 Å². The molecule has 0 saturated heterocycles. The molecule has 1 N–H and O–H groups in total. The summed E-state index contributed by atoms with van der Waals surface area (Å²) < 4.78 is 5.77. The summed E-state index contributed by atoms with van der Waals surface area (Å²) in [5.74, 6) is -0.108. The van der Waals surface area contributed by atoms with Crippen LogP contribution in [0.1, 0.15) is 50.7 Å². The second kappa shape index (κ2) is 7.95. The van der Waals surface area contributed by atoms with Crippen LogP contribution in [0.4, 0.5) is 0 Å². The molecule has 0 heterocycles. The molecule has 0 aromatic heterocycles. The molecule has 1 fully saturated rings. The SMILES string of the molecule is CC(OCCCNC(=O)C1(C#N)CCCC1)c1ccccc1. The zero-order chi connectivity index (χ0) is 15.8. The van der Waals surface area contributed by atoms with Gasteiger partial charge in [0.05, 0.1) is 12.2 Å². The highest BCUT2D eigenvalue weighted by Gasteiger charge is 2.41. The van der Waals surface area contributed by atoms with E-state index in [9.17, 15) is 10.1 Å². The van der Waals surface area contributed by atoms with Crippen molar-refractivity contribution in [2.75, 3.05) is 13.2 Å². The third-order valence-electron chi connectivity index (χ3n) is 4.35. The zero-order valence-electron chi connectivity index (χ0n) is 13.2. The summed E-state index contributed by atoms with van der Waals surface area (Å²) in [6, 6.07) is 12.3. The first kappa shape index (κ1) is 16.5. The van der Waals surface area contributed by atoms with Gasteiger partial charge in [0.25, 0.3) is 0 Å². The largest absolute Gasteiger partial charge is 0.374 e. The highest BCUT2D eigenvalue weighted by atomic mass is 16.5. The Balaban J connectivity index is 1.65. The third kappa shape index (κ3) is 4.08. The smallest absolute Gasteiger partial charge is 0.240 e. The van der Waals surface area contributed by atoms with Gasteiger partial charge in [0, 0.05) is 13.2 Å². The van der Waals surface area contributed by atoms with E-state index in [4.69, 9.17) is 4.74 Å². The summed E-state index contributed by atoms with van der Waals surface area (Å²) in [5, 5.41) is 12.1. The van der Waals surface area contributed by atoms with Gasteiger partial charge in [-0.05, 0) is 31.7 Å². The maximum absolute atomic E-state index is 12.1. The Morgan fingerprint density at radius 1 is 1.36 bits per heavy atom. The fraction of sp³-hybridized carbons (Fsp3) is 0.556. The van der Waals surface area contributed by atoms with Crippen molar-refractivity contribution >= 4 is 5.91 Å². The Morgan fingerprint density at radius 2 is 2.05 bits per heavy atom. The average Bonchev–Trinajstić information content (AvgIpc) is 3.05. The van der Waals surface area contributed by atoms with Gasteiger partial charge in [0.15, 0.2) is 0 Å². The molecule has 118 valence electrons. The number of nitriles is 1. The van der Waals surface area contributed by atoms with Crippen LogP contribution in [-0.4, -0.2) is 19.1 Å². The molecule has 0 bridgehead atoms. The number of benzene rings is 1. The van der Waals surface area contributed by atoms with Crippen LogP contribution in [0.15, 0.2) is 30.3 Å². The standard InChI is InChI=1S/C18H24N2O2/c1-15(16-8-3-2-4-9-16)22-13-7-12-20-17(21)18(14-19)10-5-6-11-18/h2-4,8-9,15H,5-7,10-13H2,1H3,(H,20,21). The second-order valence-electron chi connectivity index (χ2n) is 5.93. The van der Waals surface area contributed by atoms with Crippen molar-refractivity contribution in [2.24, 2.45) is 5.41 Å². The van der Waals surface area contributed by atoms with E-state index < -0.39 is 5.41 Å². The molecule has 1 aliphatic rings. The molecular weight excluding hydrogens is 276 g/mol. The normalized spacial score (nSPS) is 17.6. The highest BCUT2D eigenvalue weighted by molar-refractivity contribution is 5.85. The molecule has 22 heavy (non-hydrogen) atoms. The Kier molecular flexibility index (Phi) is 5.97. The number of nitrogens with one attached hydrogen (secondary N) is 1. The first-order valence-corrected chi connectivity index (χ1v) is 8.04. The van der Waals surface area contributed by atoms with Crippen molar-refractivity contribution < 1.29 is 9.53 Å². The number of carbonyl (C=O) groups excluding carboxylic acids is 1. The van der Waals surface area contributed by atoms with E-state index in [1.807, 2.05) is 37.3 Å². The van der Waals surface area contributed by atoms with E-state index in [2.05, 4.69) is 11.4 Å². The molecular formula is C18H24N2O2. The van der Waals surface area contributed by atoms with Crippen LogP contribution in [-0.2, 0) is 9.53 Å².